The van der Waals surface area contributed by atoms with Crippen molar-refractivity contribution < 1.29 is 9.84 Å². The first kappa shape index (κ1) is 11.9. The fraction of sp³-hybridized carbons (Fsp3) is 1.00. The van der Waals surface area contributed by atoms with E-state index in [1.807, 2.05) is 0 Å². The van der Waals surface area contributed by atoms with Crippen LogP contribution in [0.1, 0.15) is 46.0 Å². The molecule has 0 aromatic carbocycles. The van der Waals surface area contributed by atoms with Crippen molar-refractivity contribution in [1.82, 2.24) is 0 Å². The second-order valence-electron chi connectivity index (χ2n) is 3.32. The number of hydrogen-bond donors (Lipinski definition) is 1. The minimum absolute atomic E-state index is 0.0647. The second-order valence-corrected chi connectivity index (χ2v) is 3.32. The van der Waals surface area contributed by atoms with Crippen LogP contribution in [-0.2, 0) is 4.74 Å². The number of methoxy groups -OCH3 is 1. The van der Waals surface area contributed by atoms with Gasteiger partial charge in [0.2, 0.25) is 0 Å². The van der Waals surface area contributed by atoms with E-state index >= 15 is 0 Å². The Bertz CT molecular complexity index is 98.0. The molecule has 0 saturated carbocycles. The molecule has 0 spiro atoms. The molecular weight excluding hydrogens is 152 g/mol. The zero-order chi connectivity index (χ0) is 9.45. The van der Waals surface area contributed by atoms with Crippen LogP contribution in [0.4, 0.5) is 0 Å². The van der Waals surface area contributed by atoms with Crippen LogP contribution in [0.15, 0.2) is 0 Å². The van der Waals surface area contributed by atoms with Crippen molar-refractivity contribution >= 4 is 0 Å². The number of hydrogen-bond acceptors (Lipinski definition) is 2. The molecule has 12 heavy (non-hydrogen) atoms. The van der Waals surface area contributed by atoms with E-state index in [-0.39, 0.29) is 12.2 Å². The van der Waals surface area contributed by atoms with Crippen molar-refractivity contribution in [3.05, 3.63) is 0 Å². The summed E-state index contributed by atoms with van der Waals surface area (Å²) in [7, 11) is 1.74. The summed E-state index contributed by atoms with van der Waals surface area (Å²) in [5, 5.41) is 8.88. The van der Waals surface area contributed by atoms with Crippen molar-refractivity contribution in [2.24, 2.45) is 0 Å². The van der Waals surface area contributed by atoms with Gasteiger partial charge in [0.1, 0.15) is 0 Å². The molecule has 0 heterocycles. The molecule has 1 N–H and O–H groups in total. The van der Waals surface area contributed by atoms with Gasteiger partial charge in [-0.15, -0.1) is 0 Å². The monoisotopic (exact) mass is 174 g/mol. The Kier molecular flexibility index (Phi) is 6.39. The Labute approximate surface area is 75.9 Å². The van der Waals surface area contributed by atoms with Gasteiger partial charge in [0, 0.05) is 13.7 Å². The van der Waals surface area contributed by atoms with Crippen molar-refractivity contribution in [3.63, 3.8) is 0 Å². The number of ether oxygens (including phenoxy) is 1. The molecule has 0 fully saturated rings. The number of unbranched alkanes of at least 4 members (excludes halogenated alkanes) is 1. The van der Waals surface area contributed by atoms with Crippen molar-refractivity contribution in [3.8, 4) is 0 Å². The maximum Gasteiger partial charge on any atom is 0.0698 e. The fourth-order valence-corrected chi connectivity index (χ4v) is 1.53. The van der Waals surface area contributed by atoms with Gasteiger partial charge in [-0.2, -0.15) is 0 Å². The van der Waals surface area contributed by atoms with Crippen LogP contribution in [0.3, 0.4) is 0 Å². The van der Waals surface area contributed by atoms with Crippen LogP contribution in [0.25, 0.3) is 0 Å². The molecule has 0 saturated heterocycles. The molecular formula is C10H22O2. The third kappa shape index (κ3) is 3.55. The van der Waals surface area contributed by atoms with Gasteiger partial charge in [0.25, 0.3) is 0 Å². The lowest BCUT2D eigenvalue weighted by Crippen LogP contribution is -2.31. The Hall–Kier alpha value is -0.0800. The van der Waals surface area contributed by atoms with E-state index in [9.17, 15) is 0 Å². The summed E-state index contributed by atoms with van der Waals surface area (Å²) in [6, 6.07) is 0. The molecule has 0 aromatic heterocycles. The predicted octanol–water partition coefficient (Wildman–Crippen LogP) is 2.35. The van der Waals surface area contributed by atoms with E-state index in [0.29, 0.717) is 0 Å². The number of aliphatic hydroxyl groups is 1. The van der Waals surface area contributed by atoms with Crippen LogP contribution in [0, 0.1) is 0 Å². The third-order valence-corrected chi connectivity index (χ3v) is 2.63. The third-order valence-electron chi connectivity index (χ3n) is 2.63. The van der Waals surface area contributed by atoms with E-state index in [0.717, 1.165) is 19.3 Å². The van der Waals surface area contributed by atoms with Crippen molar-refractivity contribution in [1.29, 1.82) is 0 Å². The quantitative estimate of drug-likeness (QED) is 0.642. The first-order chi connectivity index (χ1) is 5.74. The molecule has 1 unspecified atom stereocenters. The van der Waals surface area contributed by atoms with Crippen LogP contribution in [0.2, 0.25) is 0 Å². The van der Waals surface area contributed by atoms with Gasteiger partial charge < -0.3 is 9.84 Å². The summed E-state index contributed by atoms with van der Waals surface area (Å²) in [5.41, 5.74) is -0.0647. The molecule has 0 bridgehead atoms. The Morgan fingerprint density at radius 3 is 2.25 bits per heavy atom. The van der Waals surface area contributed by atoms with E-state index in [4.69, 9.17) is 9.84 Å². The molecule has 1 atom stereocenters. The standard InChI is InChI=1S/C10H22O2/c1-4-6-7-10(5-2,12-3)8-9-11/h11H,4-9H2,1-3H3. The van der Waals surface area contributed by atoms with Gasteiger partial charge in [-0.05, 0) is 19.3 Å². The lowest BCUT2D eigenvalue weighted by Gasteiger charge is -2.30. The maximum atomic E-state index is 8.88. The van der Waals surface area contributed by atoms with Crippen LogP contribution >= 0.6 is 0 Å². The van der Waals surface area contributed by atoms with E-state index in [1.54, 1.807) is 7.11 Å². The van der Waals surface area contributed by atoms with Crippen LogP contribution in [-0.4, -0.2) is 24.4 Å². The molecule has 0 aliphatic heterocycles. The predicted molar refractivity (Wildman–Crippen MR) is 51.3 cm³/mol. The van der Waals surface area contributed by atoms with Gasteiger partial charge in [-0.1, -0.05) is 26.7 Å². The minimum atomic E-state index is -0.0647. The summed E-state index contributed by atoms with van der Waals surface area (Å²) in [6.07, 6.45) is 5.19. The zero-order valence-corrected chi connectivity index (χ0v) is 8.60. The summed E-state index contributed by atoms with van der Waals surface area (Å²) in [5.74, 6) is 0. The van der Waals surface area contributed by atoms with Gasteiger partial charge in [-0.25, -0.2) is 0 Å². The smallest absolute Gasteiger partial charge is 0.0698 e. The molecule has 0 rings (SSSR count). The molecule has 74 valence electrons. The normalized spacial score (nSPS) is 16.0. The van der Waals surface area contributed by atoms with Gasteiger partial charge >= 0.3 is 0 Å². The van der Waals surface area contributed by atoms with Crippen LogP contribution < -0.4 is 0 Å². The molecule has 0 aliphatic carbocycles. The average molecular weight is 174 g/mol. The summed E-state index contributed by atoms with van der Waals surface area (Å²) < 4.78 is 5.47. The Morgan fingerprint density at radius 1 is 1.25 bits per heavy atom. The molecule has 0 aromatic rings. The molecule has 0 aliphatic rings. The summed E-state index contributed by atoms with van der Waals surface area (Å²) >= 11 is 0. The highest BCUT2D eigenvalue weighted by atomic mass is 16.5. The van der Waals surface area contributed by atoms with Crippen LogP contribution in [0.5, 0.6) is 0 Å². The van der Waals surface area contributed by atoms with Gasteiger partial charge in [0.05, 0.1) is 5.60 Å². The van der Waals surface area contributed by atoms with E-state index in [1.165, 1.54) is 12.8 Å². The number of rotatable bonds is 7. The average Bonchev–Trinajstić information content (AvgIpc) is 2.13. The van der Waals surface area contributed by atoms with Crippen molar-refractivity contribution in [2.45, 2.75) is 51.6 Å². The molecule has 0 amide bonds. The van der Waals surface area contributed by atoms with E-state index in [2.05, 4.69) is 13.8 Å². The zero-order valence-electron chi connectivity index (χ0n) is 8.60. The maximum absolute atomic E-state index is 8.88. The Morgan fingerprint density at radius 2 is 1.92 bits per heavy atom. The SMILES string of the molecule is CCCCC(CC)(CCO)OC. The summed E-state index contributed by atoms with van der Waals surface area (Å²) in [6.45, 7) is 4.52. The van der Waals surface area contributed by atoms with Gasteiger partial charge in [0.15, 0.2) is 0 Å². The molecule has 2 nitrogen and oxygen atoms in total. The largest absolute Gasteiger partial charge is 0.396 e. The highest BCUT2D eigenvalue weighted by Gasteiger charge is 2.25. The van der Waals surface area contributed by atoms with Crippen molar-refractivity contribution in [2.75, 3.05) is 13.7 Å². The first-order valence-electron chi connectivity index (χ1n) is 4.90. The highest BCUT2D eigenvalue weighted by Crippen LogP contribution is 2.25. The van der Waals surface area contributed by atoms with Gasteiger partial charge in [-0.3, -0.25) is 0 Å². The lowest BCUT2D eigenvalue weighted by molar-refractivity contribution is -0.0390. The summed E-state index contributed by atoms with van der Waals surface area (Å²) in [4.78, 5) is 0. The fourth-order valence-electron chi connectivity index (χ4n) is 1.53. The topological polar surface area (TPSA) is 29.5 Å². The Balaban J connectivity index is 3.95. The minimum Gasteiger partial charge on any atom is -0.396 e. The second kappa shape index (κ2) is 6.44. The number of aliphatic hydroxyl groups excluding tert-OH is 1. The molecule has 2 heteroatoms. The van der Waals surface area contributed by atoms with E-state index < -0.39 is 0 Å². The first-order valence-corrected chi connectivity index (χ1v) is 4.90. The lowest BCUT2D eigenvalue weighted by atomic mass is 9.90. The highest BCUT2D eigenvalue weighted by molar-refractivity contribution is 4.78. The molecule has 0 radical (unpaired) electrons.